The molecule has 3 heteroatoms. The van der Waals surface area contributed by atoms with Gasteiger partial charge in [-0.25, -0.2) is 0 Å². The van der Waals surface area contributed by atoms with Crippen molar-refractivity contribution in [1.29, 1.82) is 0 Å². The maximum absolute atomic E-state index is 5.00. The molecule has 0 aromatic carbocycles. The van der Waals surface area contributed by atoms with E-state index in [4.69, 9.17) is 4.74 Å². The molecule has 0 aromatic rings. The van der Waals surface area contributed by atoms with E-state index in [-0.39, 0.29) is 0 Å². The zero-order valence-corrected chi connectivity index (χ0v) is 6.10. The van der Waals surface area contributed by atoms with Gasteiger partial charge in [-0.15, -0.1) is 11.7 Å². The molecule has 0 N–H and O–H groups in total. The Bertz CT molecular complexity index is 28.9. The second-order valence-corrected chi connectivity index (χ2v) is 2.47. The van der Waals surface area contributed by atoms with E-state index in [2.05, 4.69) is 11.7 Å². The summed E-state index contributed by atoms with van der Waals surface area (Å²) in [6.07, 6.45) is 0. The Morgan fingerprint density at radius 1 is 1.71 bits per heavy atom. The Morgan fingerprint density at radius 2 is 2.43 bits per heavy atom. The Hall–Kier alpha value is 0.660. The summed E-state index contributed by atoms with van der Waals surface area (Å²) < 4.78 is 5.00. The van der Waals surface area contributed by atoms with E-state index in [1.165, 1.54) is 10.8 Å². The fourth-order valence-electron chi connectivity index (χ4n) is 0.241. The van der Waals surface area contributed by atoms with Crippen molar-refractivity contribution in [3.63, 3.8) is 0 Å². The summed E-state index contributed by atoms with van der Waals surface area (Å²) in [4.78, 5) is 0. The molecule has 7 heavy (non-hydrogen) atoms. The third-order valence-corrected chi connectivity index (χ3v) is 1.42. The first-order valence-electron chi connectivity index (χ1n) is 2.26. The lowest BCUT2D eigenvalue weighted by Gasteiger charge is -1.94. The van der Waals surface area contributed by atoms with Crippen LogP contribution in [0.25, 0.3) is 0 Å². The molecule has 0 rings (SSSR count). The van der Waals surface area contributed by atoms with Crippen LogP contribution in [-0.4, -0.2) is 19.0 Å². The molecular weight excluding hydrogens is 128 g/mol. The van der Waals surface area contributed by atoms with Crippen molar-refractivity contribution in [2.45, 2.75) is 6.92 Å². The zero-order chi connectivity index (χ0) is 5.54. The fraction of sp³-hybridized carbons (Fsp3) is 1.00. The van der Waals surface area contributed by atoms with Crippen molar-refractivity contribution in [1.82, 2.24) is 0 Å². The monoisotopic (exact) mass is 138 g/mol. The normalized spacial score (nSPS) is 9.43. The standard InChI is InChI=1S/C4H10OS2/c1-2-5-3-4-7-6/h6H,2-4H2,1H3. The van der Waals surface area contributed by atoms with Crippen LogP contribution in [0, 0.1) is 0 Å². The van der Waals surface area contributed by atoms with Gasteiger partial charge >= 0.3 is 0 Å². The highest BCUT2D eigenvalue weighted by Gasteiger charge is 1.79. The molecule has 0 spiro atoms. The molecule has 0 aromatic heterocycles. The van der Waals surface area contributed by atoms with Crippen LogP contribution in [0.15, 0.2) is 0 Å². The maximum Gasteiger partial charge on any atom is 0.0564 e. The molecule has 0 aliphatic carbocycles. The van der Waals surface area contributed by atoms with E-state index in [0.29, 0.717) is 0 Å². The average molecular weight is 138 g/mol. The molecule has 0 aliphatic heterocycles. The van der Waals surface area contributed by atoms with E-state index in [1.54, 1.807) is 0 Å². The Balaban J connectivity index is 2.45. The third-order valence-electron chi connectivity index (χ3n) is 0.523. The van der Waals surface area contributed by atoms with Crippen LogP contribution in [0.1, 0.15) is 6.92 Å². The van der Waals surface area contributed by atoms with Gasteiger partial charge in [0.25, 0.3) is 0 Å². The van der Waals surface area contributed by atoms with Gasteiger partial charge < -0.3 is 4.74 Å². The summed E-state index contributed by atoms with van der Waals surface area (Å²) in [6, 6.07) is 0. The maximum atomic E-state index is 5.00. The number of hydrogen-bond donors (Lipinski definition) is 1. The molecule has 44 valence electrons. The molecule has 0 unspecified atom stereocenters. The minimum atomic E-state index is 0.814. The predicted octanol–water partition coefficient (Wildman–Crippen LogP) is 1.60. The van der Waals surface area contributed by atoms with Crippen LogP contribution < -0.4 is 0 Å². The Morgan fingerprint density at radius 3 is 2.86 bits per heavy atom. The van der Waals surface area contributed by atoms with Crippen molar-refractivity contribution in [2.75, 3.05) is 19.0 Å². The van der Waals surface area contributed by atoms with E-state index in [1.807, 2.05) is 6.92 Å². The first kappa shape index (κ1) is 7.66. The first-order valence-corrected chi connectivity index (χ1v) is 4.29. The number of thiol groups is 1. The molecule has 0 saturated heterocycles. The Kier molecular flexibility index (Phi) is 7.29. The van der Waals surface area contributed by atoms with E-state index >= 15 is 0 Å². The quantitative estimate of drug-likeness (QED) is 0.359. The molecule has 0 atom stereocenters. The van der Waals surface area contributed by atoms with Gasteiger partial charge in [0.2, 0.25) is 0 Å². The van der Waals surface area contributed by atoms with Crippen LogP contribution in [-0.2, 0) is 4.74 Å². The minimum absolute atomic E-state index is 0.814. The lowest BCUT2D eigenvalue weighted by molar-refractivity contribution is 0.165. The first-order chi connectivity index (χ1) is 3.41. The van der Waals surface area contributed by atoms with E-state index < -0.39 is 0 Å². The van der Waals surface area contributed by atoms with Crippen LogP contribution in [0.5, 0.6) is 0 Å². The summed E-state index contributed by atoms with van der Waals surface area (Å²) >= 11 is 3.93. The molecule has 0 bridgehead atoms. The highest BCUT2D eigenvalue weighted by Crippen LogP contribution is 2.02. The van der Waals surface area contributed by atoms with Crippen molar-refractivity contribution >= 4 is 22.5 Å². The number of hydrogen-bond acceptors (Lipinski definition) is 3. The van der Waals surface area contributed by atoms with Gasteiger partial charge in [-0.1, -0.05) is 10.8 Å². The molecule has 0 fully saturated rings. The summed E-state index contributed by atoms with van der Waals surface area (Å²) in [6.45, 7) is 3.63. The topological polar surface area (TPSA) is 9.23 Å². The second-order valence-electron chi connectivity index (χ2n) is 1.03. The van der Waals surface area contributed by atoms with Crippen LogP contribution in [0.4, 0.5) is 0 Å². The van der Waals surface area contributed by atoms with Crippen LogP contribution in [0.2, 0.25) is 0 Å². The molecular formula is C4H10OS2. The minimum Gasteiger partial charge on any atom is -0.381 e. The van der Waals surface area contributed by atoms with Gasteiger partial charge in [0.15, 0.2) is 0 Å². The molecule has 0 aliphatic rings. The van der Waals surface area contributed by atoms with E-state index in [0.717, 1.165) is 19.0 Å². The SMILES string of the molecule is CCOCCSS. The third kappa shape index (κ3) is 6.66. The number of rotatable bonds is 4. The second kappa shape index (κ2) is 6.66. The average Bonchev–Trinajstić information content (AvgIpc) is 1.69. The van der Waals surface area contributed by atoms with Gasteiger partial charge in [-0.3, -0.25) is 0 Å². The van der Waals surface area contributed by atoms with Gasteiger partial charge in [0.05, 0.1) is 6.61 Å². The molecule has 0 amide bonds. The molecule has 0 radical (unpaired) electrons. The summed E-state index contributed by atoms with van der Waals surface area (Å²) in [7, 11) is 1.51. The van der Waals surface area contributed by atoms with Crippen molar-refractivity contribution in [3.8, 4) is 0 Å². The lowest BCUT2D eigenvalue weighted by Crippen LogP contribution is -1.93. The Labute approximate surface area is 53.6 Å². The van der Waals surface area contributed by atoms with Crippen LogP contribution >= 0.6 is 22.5 Å². The highest BCUT2D eigenvalue weighted by molar-refractivity contribution is 8.68. The molecule has 1 nitrogen and oxygen atoms in total. The smallest absolute Gasteiger partial charge is 0.0564 e. The molecule has 0 heterocycles. The largest absolute Gasteiger partial charge is 0.381 e. The van der Waals surface area contributed by atoms with Crippen molar-refractivity contribution in [2.24, 2.45) is 0 Å². The van der Waals surface area contributed by atoms with Crippen molar-refractivity contribution in [3.05, 3.63) is 0 Å². The summed E-state index contributed by atoms with van der Waals surface area (Å²) in [5.41, 5.74) is 0. The van der Waals surface area contributed by atoms with Gasteiger partial charge in [0.1, 0.15) is 0 Å². The van der Waals surface area contributed by atoms with Crippen molar-refractivity contribution < 1.29 is 4.74 Å². The van der Waals surface area contributed by atoms with Crippen LogP contribution in [0.3, 0.4) is 0 Å². The van der Waals surface area contributed by atoms with E-state index in [9.17, 15) is 0 Å². The molecule has 0 saturated carbocycles. The zero-order valence-electron chi connectivity index (χ0n) is 4.39. The van der Waals surface area contributed by atoms with Gasteiger partial charge in [0, 0.05) is 12.4 Å². The lowest BCUT2D eigenvalue weighted by atomic mass is 10.8. The highest BCUT2D eigenvalue weighted by atomic mass is 33.1. The van der Waals surface area contributed by atoms with Gasteiger partial charge in [-0.05, 0) is 6.92 Å². The van der Waals surface area contributed by atoms with Gasteiger partial charge in [-0.2, -0.15) is 0 Å². The summed E-state index contributed by atoms with van der Waals surface area (Å²) in [5, 5.41) is 0. The predicted molar refractivity (Wildman–Crippen MR) is 37.9 cm³/mol. The summed E-state index contributed by atoms with van der Waals surface area (Å²) in [5.74, 6) is 0.983. The number of ether oxygens (including phenoxy) is 1. The fourth-order valence-corrected chi connectivity index (χ4v) is 0.657.